The lowest BCUT2D eigenvalue weighted by Crippen LogP contribution is -2.51. The minimum Gasteiger partial charge on any atom is -0.299 e. The van der Waals surface area contributed by atoms with Crippen molar-refractivity contribution in [2.75, 3.05) is 13.1 Å². The quantitative estimate of drug-likeness (QED) is 0.815. The van der Waals surface area contributed by atoms with Gasteiger partial charge >= 0.3 is 0 Å². The molecule has 0 saturated carbocycles. The fourth-order valence-electron chi connectivity index (χ4n) is 2.84. The van der Waals surface area contributed by atoms with Gasteiger partial charge in [-0.2, -0.15) is 5.26 Å². The van der Waals surface area contributed by atoms with Crippen LogP contribution in [0.2, 0.25) is 0 Å². The van der Waals surface area contributed by atoms with Crippen molar-refractivity contribution in [2.24, 2.45) is 11.8 Å². The molecule has 0 aromatic carbocycles. The van der Waals surface area contributed by atoms with Crippen molar-refractivity contribution in [1.82, 2.24) is 10.2 Å². The van der Waals surface area contributed by atoms with Crippen molar-refractivity contribution in [3.8, 4) is 6.07 Å². The molecule has 1 saturated heterocycles. The third-order valence-electron chi connectivity index (χ3n) is 3.83. The molecule has 0 aromatic rings. The number of likely N-dealkylation sites (tertiary alicyclic amines) is 1. The van der Waals surface area contributed by atoms with Crippen molar-refractivity contribution in [2.45, 2.75) is 59.2 Å². The van der Waals surface area contributed by atoms with Gasteiger partial charge in [-0.3, -0.25) is 10.2 Å². The molecule has 1 heterocycles. The summed E-state index contributed by atoms with van der Waals surface area (Å²) in [5.41, 5.74) is 0. The molecular weight excluding hydrogens is 210 g/mol. The van der Waals surface area contributed by atoms with E-state index < -0.39 is 0 Å². The van der Waals surface area contributed by atoms with Crippen LogP contribution in [0.5, 0.6) is 0 Å². The van der Waals surface area contributed by atoms with Crippen LogP contribution in [0, 0.1) is 23.2 Å². The van der Waals surface area contributed by atoms with E-state index in [1.54, 1.807) is 0 Å². The Balaban J connectivity index is 2.56. The SMILES string of the molecule is CC1CC(C)C(C)N(CC(C#N)NC(C)C)C1. The number of nitrogens with one attached hydrogen (secondary N) is 1. The van der Waals surface area contributed by atoms with E-state index in [0.29, 0.717) is 12.1 Å². The van der Waals surface area contributed by atoms with Crippen LogP contribution in [0.15, 0.2) is 0 Å². The van der Waals surface area contributed by atoms with Crippen molar-refractivity contribution in [3.05, 3.63) is 0 Å². The van der Waals surface area contributed by atoms with Gasteiger partial charge in [-0.05, 0) is 39.0 Å². The Kier molecular flexibility index (Phi) is 5.42. The van der Waals surface area contributed by atoms with E-state index in [9.17, 15) is 5.26 Å². The van der Waals surface area contributed by atoms with Crippen LogP contribution in [0.3, 0.4) is 0 Å². The second kappa shape index (κ2) is 6.37. The zero-order valence-electron chi connectivity index (χ0n) is 11.9. The molecule has 4 atom stereocenters. The Labute approximate surface area is 106 Å². The highest BCUT2D eigenvalue weighted by molar-refractivity contribution is 4.95. The summed E-state index contributed by atoms with van der Waals surface area (Å²) in [5, 5.41) is 12.5. The molecule has 1 aliphatic rings. The summed E-state index contributed by atoms with van der Waals surface area (Å²) in [4.78, 5) is 2.47. The Morgan fingerprint density at radius 3 is 2.53 bits per heavy atom. The standard InChI is InChI=1S/C14H27N3/c1-10(2)16-14(7-15)9-17-8-11(3)6-12(4)13(17)5/h10-14,16H,6,8-9H2,1-5H3. The van der Waals surface area contributed by atoms with Crippen LogP contribution in [0.4, 0.5) is 0 Å². The lowest BCUT2D eigenvalue weighted by Gasteiger charge is -2.42. The van der Waals surface area contributed by atoms with E-state index in [-0.39, 0.29) is 6.04 Å². The van der Waals surface area contributed by atoms with Crippen molar-refractivity contribution in [3.63, 3.8) is 0 Å². The maximum atomic E-state index is 9.18. The van der Waals surface area contributed by atoms with Crippen molar-refractivity contribution in [1.29, 1.82) is 5.26 Å². The predicted octanol–water partition coefficient (Wildman–Crippen LogP) is 2.24. The summed E-state index contributed by atoms with van der Waals surface area (Å²) in [6.45, 7) is 13.1. The van der Waals surface area contributed by atoms with Crippen LogP contribution >= 0.6 is 0 Å². The Bertz CT molecular complexity index is 269. The third kappa shape index (κ3) is 4.29. The molecule has 0 aromatic heterocycles. The van der Waals surface area contributed by atoms with Gasteiger partial charge < -0.3 is 0 Å². The molecule has 98 valence electrons. The fourth-order valence-corrected chi connectivity index (χ4v) is 2.84. The zero-order valence-corrected chi connectivity index (χ0v) is 11.9. The molecular formula is C14H27N3. The van der Waals surface area contributed by atoms with E-state index >= 15 is 0 Å². The van der Waals surface area contributed by atoms with Crippen molar-refractivity contribution >= 4 is 0 Å². The zero-order chi connectivity index (χ0) is 13.0. The topological polar surface area (TPSA) is 39.1 Å². The van der Waals surface area contributed by atoms with Crippen LogP contribution in [0.25, 0.3) is 0 Å². The van der Waals surface area contributed by atoms with Gasteiger partial charge in [0.2, 0.25) is 0 Å². The first kappa shape index (κ1) is 14.5. The first-order valence-electron chi connectivity index (χ1n) is 6.83. The first-order chi connectivity index (χ1) is 7.93. The second-order valence-corrected chi connectivity index (χ2v) is 6.02. The average Bonchev–Trinajstić information content (AvgIpc) is 2.23. The molecule has 0 spiro atoms. The molecule has 3 nitrogen and oxygen atoms in total. The van der Waals surface area contributed by atoms with E-state index in [2.05, 4.69) is 50.9 Å². The minimum atomic E-state index is -0.0463. The van der Waals surface area contributed by atoms with Gasteiger partial charge in [-0.15, -0.1) is 0 Å². The Morgan fingerprint density at radius 2 is 2.00 bits per heavy atom. The lowest BCUT2D eigenvalue weighted by molar-refractivity contribution is 0.0746. The lowest BCUT2D eigenvalue weighted by atomic mass is 9.86. The number of rotatable bonds is 4. The molecule has 1 rings (SSSR count). The van der Waals surface area contributed by atoms with Gasteiger partial charge in [-0.25, -0.2) is 0 Å². The molecule has 0 bridgehead atoms. The minimum absolute atomic E-state index is 0.0463. The maximum absolute atomic E-state index is 9.18. The van der Waals surface area contributed by atoms with E-state index in [4.69, 9.17) is 0 Å². The average molecular weight is 237 g/mol. The van der Waals surface area contributed by atoms with Gasteiger partial charge in [0, 0.05) is 25.2 Å². The number of hydrogen-bond donors (Lipinski definition) is 1. The first-order valence-corrected chi connectivity index (χ1v) is 6.83. The fraction of sp³-hybridized carbons (Fsp3) is 0.929. The van der Waals surface area contributed by atoms with Gasteiger partial charge in [0.25, 0.3) is 0 Å². The highest BCUT2D eigenvalue weighted by Crippen LogP contribution is 2.26. The number of nitrogens with zero attached hydrogens (tertiary/aromatic N) is 2. The molecule has 0 amide bonds. The van der Waals surface area contributed by atoms with Gasteiger partial charge in [0.05, 0.1) is 6.07 Å². The molecule has 17 heavy (non-hydrogen) atoms. The van der Waals surface area contributed by atoms with Crippen LogP contribution < -0.4 is 5.32 Å². The Morgan fingerprint density at radius 1 is 1.35 bits per heavy atom. The normalized spacial score (nSPS) is 32.4. The molecule has 0 radical (unpaired) electrons. The predicted molar refractivity (Wildman–Crippen MR) is 71.7 cm³/mol. The summed E-state index contributed by atoms with van der Waals surface area (Å²) in [6.07, 6.45) is 1.31. The van der Waals surface area contributed by atoms with Crippen LogP contribution in [-0.2, 0) is 0 Å². The smallest absolute Gasteiger partial charge is 0.108 e. The van der Waals surface area contributed by atoms with E-state index in [0.717, 1.165) is 24.9 Å². The molecule has 4 unspecified atom stereocenters. The molecule has 0 aliphatic carbocycles. The number of hydrogen-bond acceptors (Lipinski definition) is 3. The Hall–Kier alpha value is -0.590. The highest BCUT2D eigenvalue weighted by atomic mass is 15.2. The second-order valence-electron chi connectivity index (χ2n) is 6.02. The van der Waals surface area contributed by atoms with Gasteiger partial charge in [0.1, 0.15) is 6.04 Å². The summed E-state index contributed by atoms with van der Waals surface area (Å²) in [7, 11) is 0. The van der Waals surface area contributed by atoms with Crippen molar-refractivity contribution < 1.29 is 0 Å². The molecule has 1 fully saturated rings. The number of nitriles is 1. The molecule has 1 aliphatic heterocycles. The van der Waals surface area contributed by atoms with Gasteiger partial charge in [0.15, 0.2) is 0 Å². The monoisotopic (exact) mass is 237 g/mol. The van der Waals surface area contributed by atoms with E-state index in [1.807, 2.05) is 0 Å². The third-order valence-corrected chi connectivity index (χ3v) is 3.83. The molecule has 1 N–H and O–H groups in total. The summed E-state index contributed by atoms with van der Waals surface area (Å²) in [6, 6.07) is 3.30. The summed E-state index contributed by atoms with van der Waals surface area (Å²) in [5.74, 6) is 1.48. The summed E-state index contributed by atoms with van der Waals surface area (Å²) >= 11 is 0. The largest absolute Gasteiger partial charge is 0.299 e. The maximum Gasteiger partial charge on any atom is 0.108 e. The van der Waals surface area contributed by atoms with Crippen LogP contribution in [0.1, 0.15) is 41.0 Å². The number of piperidine rings is 1. The van der Waals surface area contributed by atoms with E-state index in [1.165, 1.54) is 6.42 Å². The molecule has 3 heteroatoms. The summed E-state index contributed by atoms with van der Waals surface area (Å²) < 4.78 is 0. The highest BCUT2D eigenvalue weighted by Gasteiger charge is 2.30. The van der Waals surface area contributed by atoms with Gasteiger partial charge in [-0.1, -0.05) is 13.8 Å². The van der Waals surface area contributed by atoms with Crippen LogP contribution in [-0.4, -0.2) is 36.1 Å².